The molecule has 0 saturated heterocycles. The third kappa shape index (κ3) is 10.4. The average Bonchev–Trinajstić information content (AvgIpc) is 1.51. The summed E-state index contributed by atoms with van der Waals surface area (Å²) < 4.78 is 41.8. The van der Waals surface area contributed by atoms with E-state index in [1.165, 1.54) is 44.5 Å². The second kappa shape index (κ2) is 28.4. The lowest BCUT2D eigenvalue weighted by Gasteiger charge is -2.32. The van der Waals surface area contributed by atoms with Gasteiger partial charge < -0.3 is 27.5 Å². The molecule has 6 aliphatic carbocycles. The summed E-state index contributed by atoms with van der Waals surface area (Å²) in [5, 5.41) is 12.5. The topological polar surface area (TPSA) is 134 Å². The number of furan rings is 3. The SMILES string of the molecule is N#Cc1ccc(-c2ccc3c(c2)OC2=C(S3)c3c(oc4ccccc34)C23c2ccccc2-c2ccccc23)cc1.[C-]#[N+]c1ccc(-c2cccc3c2OC2=C(S3)c3c(oc4ccccc34)C23c2ccccc2-c2ccccc23)cc1.c1ccc(-c2nc(-c3ccccc3)nc(-c3ccc4c(c3)-c3ccccc3C43C4=C(Sc5ccccc5O4)c4c3oc3ccccc43)n2)cc1. The van der Waals surface area contributed by atoms with Crippen LogP contribution in [0.25, 0.3) is 142 Å². The third-order valence-electron chi connectivity index (χ3n) is 26.7. The van der Waals surface area contributed by atoms with Crippen molar-refractivity contribution in [2.75, 3.05) is 0 Å². The molecule has 0 amide bonds. The van der Waals surface area contributed by atoms with Crippen LogP contribution in [0.1, 0.15) is 72.9 Å². The van der Waals surface area contributed by atoms with Crippen molar-refractivity contribution in [3.05, 3.63) is 484 Å². The average molecular weight is 1720 g/mol. The van der Waals surface area contributed by atoms with E-state index in [-0.39, 0.29) is 0 Å². The zero-order valence-electron chi connectivity index (χ0n) is 68.8. The van der Waals surface area contributed by atoms with Crippen molar-refractivity contribution in [2.24, 2.45) is 0 Å². The molecule has 9 aliphatic rings. The van der Waals surface area contributed by atoms with Gasteiger partial charge in [0.05, 0.1) is 47.6 Å². The molecule has 0 fully saturated rings. The van der Waals surface area contributed by atoms with Crippen LogP contribution in [0.2, 0.25) is 0 Å². The van der Waals surface area contributed by atoms with E-state index < -0.39 is 16.2 Å². The molecule has 11 nitrogen and oxygen atoms in total. The Bertz CT molecular complexity index is 8390. The zero-order valence-corrected chi connectivity index (χ0v) is 71.2. The Hall–Kier alpha value is -16.2. The Balaban J connectivity index is 0.000000101. The predicted octanol–water partition coefficient (Wildman–Crippen LogP) is 29.8. The van der Waals surface area contributed by atoms with Crippen molar-refractivity contribution in [3.63, 3.8) is 0 Å². The van der Waals surface area contributed by atoms with E-state index in [0.29, 0.717) is 28.7 Å². The Labute approximate surface area is 758 Å². The van der Waals surface area contributed by atoms with Crippen molar-refractivity contribution in [2.45, 2.75) is 30.9 Å². The van der Waals surface area contributed by atoms with Crippen LogP contribution in [-0.4, -0.2) is 15.0 Å². The van der Waals surface area contributed by atoms with E-state index in [2.05, 4.69) is 260 Å². The minimum absolute atomic E-state index is 0.619. The van der Waals surface area contributed by atoms with Crippen LogP contribution < -0.4 is 14.2 Å². The lowest BCUT2D eigenvalue weighted by Crippen LogP contribution is -2.30. The van der Waals surface area contributed by atoms with E-state index in [1.807, 2.05) is 133 Å². The maximum Gasteiger partial charge on any atom is 0.187 e. The molecule has 14 heteroatoms. The number of rotatable bonds is 5. The number of aromatic nitrogens is 3. The van der Waals surface area contributed by atoms with Gasteiger partial charge in [0, 0.05) is 55.1 Å². The summed E-state index contributed by atoms with van der Waals surface area (Å²) in [7, 11) is 0. The van der Waals surface area contributed by atoms with Gasteiger partial charge in [-0.2, -0.15) is 5.26 Å². The fourth-order valence-electron chi connectivity index (χ4n) is 21.2. The Morgan fingerprint density at radius 1 is 0.285 bits per heavy atom. The molecule has 3 aliphatic heterocycles. The highest BCUT2D eigenvalue weighted by Crippen LogP contribution is 2.72. The molecular formula is C116H63N5O6S3. The number of ether oxygens (including phenoxy) is 3. The summed E-state index contributed by atoms with van der Waals surface area (Å²) in [5.74, 6) is 9.92. The van der Waals surface area contributed by atoms with Crippen LogP contribution in [0.3, 0.4) is 0 Å². The monoisotopic (exact) mass is 1720 g/mol. The standard InChI is InChI=1S/C44H25N3O2S.2C36H19NO2S/c1-3-13-26(14-4-1)41-45-42(27-15-5-2-6-16-27)47-43(46-41)28-23-24-33-31(25-28)29-17-7-9-19-32(29)44(33)39-37(30-18-8-10-20-34(30)48-39)38-40(44)49-35-21-11-12-22-36(35)50-38;1-37-22-19-17-21(18-20-22)23-12-8-16-30-32(23)39-35-33(40-30)31-26-11-4-7-15-29(26)38-34(31)36(35)27-13-5-2-9-24(27)25-10-3-6-14-28(25)36;37-20-21-13-15-22(16-14-21)23-17-18-31-30(19-23)39-35-33(40-31)32-26-9-3-6-12-29(26)38-34(32)36(35)27-10-4-1-7-24(27)25-8-2-5-11-28(25)36/h1-25H;2-20H;1-19H. The number of hydrogen-bond donors (Lipinski definition) is 0. The molecule has 16 aromatic carbocycles. The van der Waals surface area contributed by atoms with Gasteiger partial charge in [0.1, 0.15) is 84.8 Å². The minimum Gasteiger partial charge on any atom is -0.459 e. The Morgan fingerprint density at radius 2 is 0.654 bits per heavy atom. The molecule has 0 saturated carbocycles. The van der Waals surface area contributed by atoms with Crippen LogP contribution in [0.5, 0.6) is 17.2 Å². The molecular weight excluding hydrogens is 1660 g/mol. The number of allylic oxidation sites excluding steroid dienone is 3. The van der Waals surface area contributed by atoms with Crippen molar-refractivity contribution in [1.29, 1.82) is 5.26 Å². The second-order valence-electron chi connectivity index (χ2n) is 33.4. The van der Waals surface area contributed by atoms with Crippen LogP contribution in [0, 0.1) is 17.9 Å². The number of hydrogen-bond acceptors (Lipinski definition) is 13. The first kappa shape index (κ1) is 74.1. The van der Waals surface area contributed by atoms with Gasteiger partial charge in [-0.1, -0.05) is 351 Å². The smallest absolute Gasteiger partial charge is 0.187 e. The predicted molar refractivity (Wildman–Crippen MR) is 515 cm³/mol. The van der Waals surface area contributed by atoms with Gasteiger partial charge in [-0.05, 0) is 150 Å². The maximum atomic E-state index is 9.22. The van der Waals surface area contributed by atoms with E-state index >= 15 is 0 Å². The summed E-state index contributed by atoms with van der Waals surface area (Å²) >= 11 is 5.29. The molecule has 3 spiro atoms. The largest absolute Gasteiger partial charge is 0.459 e. The number of fused-ring (bicyclic) bond motifs is 36. The summed E-state index contributed by atoms with van der Waals surface area (Å²) in [5.41, 5.74) is 26.2. The lowest BCUT2D eigenvalue weighted by molar-refractivity contribution is 0.343. The molecule has 20 aromatic rings. The minimum atomic E-state index is -0.766. The highest BCUT2D eigenvalue weighted by Gasteiger charge is 2.63. The zero-order chi connectivity index (χ0) is 85.7. The number of nitriles is 1. The number of para-hydroxylation sites is 5. The highest BCUT2D eigenvalue weighted by molar-refractivity contribution is 8.09. The van der Waals surface area contributed by atoms with Crippen molar-refractivity contribution in [1.82, 2.24) is 15.0 Å². The van der Waals surface area contributed by atoms with E-state index in [1.54, 1.807) is 35.3 Å². The summed E-state index contributed by atoms with van der Waals surface area (Å²) in [6.07, 6.45) is 0. The van der Waals surface area contributed by atoms with Gasteiger partial charge in [-0.3, -0.25) is 0 Å². The highest BCUT2D eigenvalue weighted by atomic mass is 32.2. The van der Waals surface area contributed by atoms with Crippen molar-refractivity contribution in [3.8, 4) is 113 Å². The van der Waals surface area contributed by atoms with Gasteiger partial charge in [0.25, 0.3) is 0 Å². The van der Waals surface area contributed by atoms with Crippen molar-refractivity contribution >= 4 is 88.6 Å². The molecule has 1 atom stereocenters. The molecule has 0 bridgehead atoms. The van der Waals surface area contributed by atoms with E-state index in [4.69, 9.17) is 49.0 Å². The van der Waals surface area contributed by atoms with Crippen LogP contribution in [0.15, 0.2) is 427 Å². The van der Waals surface area contributed by atoms with E-state index in [9.17, 15) is 5.26 Å². The van der Waals surface area contributed by atoms with Crippen LogP contribution in [0.4, 0.5) is 5.69 Å². The molecule has 0 N–H and O–H groups in total. The molecule has 0 radical (unpaired) electrons. The molecule has 29 rings (SSSR count). The molecule has 1 unspecified atom stereocenters. The fraction of sp³-hybridized carbons (Fsp3) is 0.0259. The quantitative estimate of drug-likeness (QED) is 0.152. The number of benzene rings is 16. The first-order valence-corrected chi connectivity index (χ1v) is 45.5. The number of thioether (sulfide) groups is 3. The normalized spacial score (nSPS) is 15.7. The summed E-state index contributed by atoms with van der Waals surface area (Å²) in [6.45, 7) is 7.35. The molecule has 4 aromatic heterocycles. The van der Waals surface area contributed by atoms with Gasteiger partial charge >= 0.3 is 0 Å². The van der Waals surface area contributed by atoms with Gasteiger partial charge in [-0.25, -0.2) is 19.8 Å². The Kier molecular flexibility index (Phi) is 16.2. The van der Waals surface area contributed by atoms with Crippen molar-refractivity contribution < 1.29 is 27.5 Å². The lowest BCUT2D eigenvalue weighted by atomic mass is 9.76. The fourth-order valence-corrected chi connectivity index (χ4v) is 24.8. The first-order chi connectivity index (χ1) is 64.3. The number of nitrogens with zero attached hydrogens (tertiary/aromatic N) is 5. The van der Waals surface area contributed by atoms with Gasteiger partial charge in [0.15, 0.2) is 23.2 Å². The first-order valence-electron chi connectivity index (χ1n) is 43.1. The molecule has 130 heavy (non-hydrogen) atoms. The van der Waals surface area contributed by atoms with Crippen LogP contribution in [-0.2, 0) is 16.2 Å². The van der Waals surface area contributed by atoms with Gasteiger partial charge in [0.2, 0.25) is 0 Å². The van der Waals surface area contributed by atoms with E-state index in [0.717, 1.165) is 192 Å². The summed E-state index contributed by atoms with van der Waals surface area (Å²) in [4.78, 5) is 25.1. The molecule has 7 heterocycles. The Morgan fingerprint density at radius 3 is 1.15 bits per heavy atom. The third-order valence-corrected chi connectivity index (χ3v) is 30.2. The van der Waals surface area contributed by atoms with Gasteiger partial charge in [-0.15, -0.1) is 0 Å². The molecule has 606 valence electrons. The maximum absolute atomic E-state index is 9.22. The van der Waals surface area contributed by atoms with Crippen LogP contribution >= 0.6 is 35.3 Å². The summed E-state index contributed by atoms with van der Waals surface area (Å²) in [6, 6.07) is 134. The second-order valence-corrected chi connectivity index (χ2v) is 36.5.